The van der Waals surface area contributed by atoms with Crippen molar-refractivity contribution in [2.75, 3.05) is 7.11 Å². The molecule has 1 aromatic heterocycles. The number of methoxy groups -OCH3 is 1. The predicted molar refractivity (Wildman–Crippen MR) is 86.3 cm³/mol. The molecule has 2 rings (SSSR count). The van der Waals surface area contributed by atoms with E-state index in [1.807, 2.05) is 45.0 Å². The van der Waals surface area contributed by atoms with Crippen molar-refractivity contribution < 1.29 is 9.53 Å². The second-order valence-electron chi connectivity index (χ2n) is 5.64. The van der Waals surface area contributed by atoms with Gasteiger partial charge in [-0.2, -0.15) is 5.10 Å². The van der Waals surface area contributed by atoms with Gasteiger partial charge in [-0.3, -0.25) is 0 Å². The summed E-state index contributed by atoms with van der Waals surface area (Å²) in [6, 6.07) is 7.65. The number of rotatable bonds is 2. The standard InChI is InChI=1S/C15H16BrClN2O2/c1-15(2,3)13-11(17)12(14(20)21-4)18-19(13)10-7-5-6-9(16)8-10/h5-8H,1-4H3. The number of carbonyl (C=O) groups is 1. The van der Waals surface area contributed by atoms with Gasteiger partial charge in [0.1, 0.15) is 0 Å². The number of hydrogen-bond donors (Lipinski definition) is 0. The minimum atomic E-state index is -0.542. The maximum atomic E-state index is 11.8. The highest BCUT2D eigenvalue weighted by Crippen LogP contribution is 2.34. The van der Waals surface area contributed by atoms with Gasteiger partial charge in [0, 0.05) is 9.89 Å². The number of carbonyl (C=O) groups excluding carboxylic acids is 1. The van der Waals surface area contributed by atoms with E-state index in [0.29, 0.717) is 5.02 Å². The van der Waals surface area contributed by atoms with Gasteiger partial charge in [0.15, 0.2) is 5.69 Å². The van der Waals surface area contributed by atoms with Crippen LogP contribution in [0.1, 0.15) is 37.0 Å². The first-order valence-electron chi connectivity index (χ1n) is 6.39. The quantitative estimate of drug-likeness (QED) is 0.736. The maximum absolute atomic E-state index is 11.8. The van der Waals surface area contributed by atoms with Crippen molar-refractivity contribution in [3.63, 3.8) is 0 Å². The van der Waals surface area contributed by atoms with Crippen molar-refractivity contribution >= 4 is 33.5 Å². The molecule has 1 heterocycles. The zero-order chi connectivity index (χ0) is 15.8. The molecular formula is C15H16BrClN2O2. The fourth-order valence-electron chi connectivity index (χ4n) is 2.07. The smallest absolute Gasteiger partial charge is 0.360 e. The third-order valence-corrected chi connectivity index (χ3v) is 3.82. The Labute approximate surface area is 137 Å². The highest BCUT2D eigenvalue weighted by atomic mass is 79.9. The highest BCUT2D eigenvalue weighted by molar-refractivity contribution is 9.10. The summed E-state index contributed by atoms with van der Waals surface area (Å²) in [4.78, 5) is 11.8. The number of aromatic nitrogens is 2. The minimum absolute atomic E-state index is 0.129. The normalized spacial score (nSPS) is 11.5. The van der Waals surface area contributed by atoms with Crippen LogP contribution in [-0.4, -0.2) is 22.9 Å². The third kappa shape index (κ3) is 3.14. The van der Waals surface area contributed by atoms with Crippen LogP contribution >= 0.6 is 27.5 Å². The fraction of sp³-hybridized carbons (Fsp3) is 0.333. The van der Waals surface area contributed by atoms with Crippen molar-refractivity contribution in [1.29, 1.82) is 0 Å². The molecule has 0 amide bonds. The van der Waals surface area contributed by atoms with Gasteiger partial charge in [0.25, 0.3) is 0 Å². The summed E-state index contributed by atoms with van der Waals surface area (Å²) in [7, 11) is 1.31. The summed E-state index contributed by atoms with van der Waals surface area (Å²) < 4.78 is 7.37. The maximum Gasteiger partial charge on any atom is 0.360 e. The van der Waals surface area contributed by atoms with Gasteiger partial charge in [0.05, 0.1) is 23.5 Å². The first kappa shape index (κ1) is 16.0. The third-order valence-electron chi connectivity index (χ3n) is 2.97. The number of esters is 1. The SMILES string of the molecule is COC(=O)c1nn(-c2cccc(Br)c2)c(C(C)(C)C)c1Cl. The molecule has 0 fully saturated rings. The van der Waals surface area contributed by atoms with E-state index < -0.39 is 5.97 Å². The van der Waals surface area contributed by atoms with Crippen molar-refractivity contribution in [1.82, 2.24) is 9.78 Å². The molecule has 21 heavy (non-hydrogen) atoms. The van der Waals surface area contributed by atoms with E-state index in [1.165, 1.54) is 7.11 Å². The molecule has 1 aromatic carbocycles. The lowest BCUT2D eigenvalue weighted by atomic mass is 9.91. The van der Waals surface area contributed by atoms with Gasteiger partial charge in [-0.05, 0) is 18.2 Å². The topological polar surface area (TPSA) is 44.1 Å². The second-order valence-corrected chi connectivity index (χ2v) is 6.94. The highest BCUT2D eigenvalue weighted by Gasteiger charge is 2.30. The largest absolute Gasteiger partial charge is 0.464 e. The average molecular weight is 372 g/mol. The number of benzene rings is 1. The molecule has 0 unspecified atom stereocenters. The molecule has 0 atom stereocenters. The molecule has 0 radical (unpaired) electrons. The Bertz CT molecular complexity index is 689. The molecule has 0 spiro atoms. The van der Waals surface area contributed by atoms with E-state index in [4.69, 9.17) is 16.3 Å². The van der Waals surface area contributed by atoms with Crippen LogP contribution < -0.4 is 0 Å². The molecule has 112 valence electrons. The van der Waals surface area contributed by atoms with Gasteiger partial charge < -0.3 is 4.74 Å². The number of ether oxygens (including phenoxy) is 1. The molecule has 0 N–H and O–H groups in total. The molecule has 0 saturated heterocycles. The first-order valence-corrected chi connectivity index (χ1v) is 7.56. The van der Waals surface area contributed by atoms with Crippen LogP contribution in [0.4, 0.5) is 0 Å². The summed E-state index contributed by atoms with van der Waals surface area (Å²) in [5.41, 5.74) is 1.44. The van der Waals surface area contributed by atoms with Crippen LogP contribution in [0.2, 0.25) is 5.02 Å². The molecule has 0 aliphatic carbocycles. The molecule has 4 nitrogen and oxygen atoms in total. The molecule has 0 saturated carbocycles. The molecule has 0 bridgehead atoms. The Kier molecular flexibility index (Phi) is 4.44. The second kappa shape index (κ2) is 5.81. The van der Waals surface area contributed by atoms with Crippen LogP contribution in [0.25, 0.3) is 5.69 Å². The minimum Gasteiger partial charge on any atom is -0.464 e. The zero-order valence-corrected chi connectivity index (χ0v) is 14.6. The summed E-state index contributed by atoms with van der Waals surface area (Å²) in [6.45, 7) is 6.06. The van der Waals surface area contributed by atoms with Gasteiger partial charge in [-0.1, -0.05) is 54.4 Å². The van der Waals surface area contributed by atoms with Crippen LogP contribution in [0.15, 0.2) is 28.7 Å². The molecule has 0 aliphatic rings. The Morgan fingerprint density at radius 3 is 2.57 bits per heavy atom. The van der Waals surface area contributed by atoms with Crippen molar-refractivity contribution in [2.45, 2.75) is 26.2 Å². The number of nitrogens with zero attached hydrogens (tertiary/aromatic N) is 2. The number of halogens is 2. The van der Waals surface area contributed by atoms with Gasteiger partial charge in [0.2, 0.25) is 0 Å². The van der Waals surface area contributed by atoms with E-state index >= 15 is 0 Å². The summed E-state index contributed by atoms with van der Waals surface area (Å²) in [6.07, 6.45) is 0. The van der Waals surface area contributed by atoms with Crippen LogP contribution in [0.3, 0.4) is 0 Å². The lowest BCUT2D eigenvalue weighted by molar-refractivity contribution is 0.0593. The monoisotopic (exact) mass is 370 g/mol. The van der Waals surface area contributed by atoms with Crippen molar-refractivity contribution in [3.05, 3.63) is 45.1 Å². The Morgan fingerprint density at radius 2 is 2.05 bits per heavy atom. The zero-order valence-electron chi connectivity index (χ0n) is 12.3. The van der Waals surface area contributed by atoms with Crippen molar-refractivity contribution in [3.8, 4) is 5.69 Å². The van der Waals surface area contributed by atoms with Gasteiger partial charge in [-0.25, -0.2) is 9.48 Å². The molecular weight excluding hydrogens is 356 g/mol. The number of hydrogen-bond acceptors (Lipinski definition) is 3. The lowest BCUT2D eigenvalue weighted by Crippen LogP contribution is -2.18. The van der Waals surface area contributed by atoms with E-state index in [9.17, 15) is 4.79 Å². The summed E-state index contributed by atoms with van der Waals surface area (Å²) in [5.74, 6) is -0.542. The summed E-state index contributed by atoms with van der Waals surface area (Å²) >= 11 is 9.82. The van der Waals surface area contributed by atoms with Crippen LogP contribution in [-0.2, 0) is 10.2 Å². The van der Waals surface area contributed by atoms with Gasteiger partial charge >= 0.3 is 5.97 Å². The van der Waals surface area contributed by atoms with E-state index in [-0.39, 0.29) is 11.1 Å². The van der Waals surface area contributed by atoms with Crippen molar-refractivity contribution in [2.24, 2.45) is 0 Å². The predicted octanol–water partition coefficient (Wildman–Crippen LogP) is 4.37. The fourth-order valence-corrected chi connectivity index (χ4v) is 2.93. The molecule has 6 heteroatoms. The van der Waals surface area contributed by atoms with E-state index in [0.717, 1.165) is 15.9 Å². The lowest BCUT2D eigenvalue weighted by Gasteiger charge is -2.21. The molecule has 2 aromatic rings. The Hall–Kier alpha value is -1.33. The van der Waals surface area contributed by atoms with E-state index in [1.54, 1.807) is 4.68 Å². The van der Waals surface area contributed by atoms with Crippen LogP contribution in [0, 0.1) is 0 Å². The van der Waals surface area contributed by atoms with Gasteiger partial charge in [-0.15, -0.1) is 0 Å². The van der Waals surface area contributed by atoms with Crippen LogP contribution in [0.5, 0.6) is 0 Å². The molecule has 0 aliphatic heterocycles. The first-order chi connectivity index (χ1) is 9.75. The summed E-state index contributed by atoms with van der Waals surface area (Å²) in [5, 5.41) is 4.68. The van der Waals surface area contributed by atoms with E-state index in [2.05, 4.69) is 21.0 Å². The Balaban J connectivity index is 2.73. The Morgan fingerprint density at radius 1 is 1.38 bits per heavy atom. The average Bonchev–Trinajstić information content (AvgIpc) is 2.75.